The normalized spacial score (nSPS) is 13.8. The van der Waals surface area contributed by atoms with Crippen molar-refractivity contribution in [3.8, 4) is 11.5 Å². The molecule has 6 nitrogen and oxygen atoms in total. The molecule has 0 fully saturated rings. The number of aromatic hydroxyl groups is 1. The summed E-state index contributed by atoms with van der Waals surface area (Å²) >= 11 is 0. The molecule has 1 rings (SSSR count). The molecule has 0 aliphatic carbocycles. The van der Waals surface area contributed by atoms with E-state index in [0.29, 0.717) is 5.56 Å². The maximum Gasteiger partial charge on any atom is 0.306 e. The second kappa shape index (κ2) is 7.85. The first-order chi connectivity index (χ1) is 9.85. The van der Waals surface area contributed by atoms with E-state index >= 15 is 0 Å². The molecule has 2 atom stereocenters. The molecule has 0 amide bonds. The van der Waals surface area contributed by atoms with E-state index < -0.39 is 18.2 Å². The van der Waals surface area contributed by atoms with Gasteiger partial charge in [0.15, 0.2) is 11.5 Å². The van der Waals surface area contributed by atoms with Crippen molar-refractivity contribution in [2.75, 3.05) is 13.7 Å². The topological polar surface area (TPSA) is 96.2 Å². The summed E-state index contributed by atoms with van der Waals surface area (Å²) < 4.78 is 9.84. The molecule has 118 valence electrons. The molecule has 0 radical (unpaired) electrons. The summed E-state index contributed by atoms with van der Waals surface area (Å²) in [6.45, 7) is 3.47. The van der Waals surface area contributed by atoms with Gasteiger partial charge in [-0.15, -0.1) is 0 Å². The smallest absolute Gasteiger partial charge is 0.306 e. The molecular weight excluding hydrogens is 276 g/mol. The molecule has 1 aromatic carbocycles. The van der Waals surface area contributed by atoms with Crippen LogP contribution in [-0.2, 0) is 9.53 Å². The van der Waals surface area contributed by atoms with Gasteiger partial charge < -0.3 is 24.8 Å². The Labute approximate surface area is 123 Å². The van der Waals surface area contributed by atoms with E-state index in [9.17, 15) is 20.1 Å². The zero-order chi connectivity index (χ0) is 16.0. The zero-order valence-electron chi connectivity index (χ0n) is 12.4. The number of carbonyl (C=O) groups excluding carboxylic acids is 1. The van der Waals surface area contributed by atoms with Crippen LogP contribution in [0.3, 0.4) is 0 Å². The van der Waals surface area contributed by atoms with Crippen molar-refractivity contribution in [3.05, 3.63) is 23.8 Å². The molecule has 1 aromatic rings. The fourth-order valence-electron chi connectivity index (χ4n) is 1.76. The van der Waals surface area contributed by atoms with Crippen molar-refractivity contribution in [3.63, 3.8) is 0 Å². The number of hydrogen-bond acceptors (Lipinski definition) is 6. The Morgan fingerprint density at radius 1 is 1.29 bits per heavy atom. The lowest BCUT2D eigenvalue weighted by Gasteiger charge is -2.19. The first kappa shape index (κ1) is 17.3. The van der Waals surface area contributed by atoms with Gasteiger partial charge in [-0.2, -0.15) is 0 Å². The van der Waals surface area contributed by atoms with Gasteiger partial charge >= 0.3 is 5.97 Å². The van der Waals surface area contributed by atoms with E-state index in [-0.39, 0.29) is 30.4 Å². The second-order valence-corrected chi connectivity index (χ2v) is 5.22. The number of ether oxygens (including phenoxy) is 2. The van der Waals surface area contributed by atoms with Gasteiger partial charge in [0.05, 0.1) is 7.11 Å². The van der Waals surface area contributed by atoms with Gasteiger partial charge in [0.2, 0.25) is 0 Å². The molecular formula is C15H22O6. The Kier molecular flexibility index (Phi) is 6.45. The maximum atomic E-state index is 11.4. The number of aliphatic hydroxyl groups excluding tert-OH is 2. The summed E-state index contributed by atoms with van der Waals surface area (Å²) in [5.74, 6) is -0.123. The first-order valence-electron chi connectivity index (χ1n) is 6.73. The molecule has 0 saturated heterocycles. The Morgan fingerprint density at radius 3 is 2.52 bits per heavy atom. The van der Waals surface area contributed by atoms with E-state index in [1.54, 1.807) is 0 Å². The number of phenols is 1. The van der Waals surface area contributed by atoms with Crippen LogP contribution < -0.4 is 4.74 Å². The van der Waals surface area contributed by atoms with E-state index in [0.717, 1.165) is 0 Å². The van der Waals surface area contributed by atoms with Gasteiger partial charge in [-0.3, -0.25) is 4.79 Å². The Bertz CT molecular complexity index is 471. The van der Waals surface area contributed by atoms with Crippen LogP contribution in [0.5, 0.6) is 11.5 Å². The van der Waals surface area contributed by atoms with Crippen molar-refractivity contribution >= 4 is 5.97 Å². The van der Waals surface area contributed by atoms with Crippen molar-refractivity contribution in [2.45, 2.75) is 32.5 Å². The van der Waals surface area contributed by atoms with Crippen molar-refractivity contribution in [1.29, 1.82) is 0 Å². The average molecular weight is 298 g/mol. The summed E-state index contributed by atoms with van der Waals surface area (Å²) in [4.78, 5) is 11.4. The van der Waals surface area contributed by atoms with Crippen molar-refractivity contribution in [1.82, 2.24) is 0 Å². The zero-order valence-corrected chi connectivity index (χ0v) is 12.4. The van der Waals surface area contributed by atoms with E-state index in [2.05, 4.69) is 0 Å². The summed E-state index contributed by atoms with van der Waals surface area (Å²) in [7, 11) is 1.38. The third-order valence-electron chi connectivity index (χ3n) is 2.90. The van der Waals surface area contributed by atoms with Gasteiger partial charge in [0, 0.05) is 6.42 Å². The van der Waals surface area contributed by atoms with Crippen LogP contribution in [0.2, 0.25) is 0 Å². The van der Waals surface area contributed by atoms with Crippen LogP contribution in [0, 0.1) is 5.92 Å². The highest BCUT2D eigenvalue weighted by atomic mass is 16.5. The van der Waals surface area contributed by atoms with Crippen molar-refractivity contribution in [2.24, 2.45) is 5.92 Å². The molecule has 0 heterocycles. The van der Waals surface area contributed by atoms with E-state index in [4.69, 9.17) is 9.47 Å². The molecule has 0 bridgehead atoms. The largest absolute Gasteiger partial charge is 0.504 e. The van der Waals surface area contributed by atoms with E-state index in [1.165, 1.54) is 25.3 Å². The highest BCUT2D eigenvalue weighted by molar-refractivity contribution is 5.69. The number of rotatable bonds is 7. The second-order valence-electron chi connectivity index (χ2n) is 5.22. The Hall–Kier alpha value is -1.79. The number of carbonyl (C=O) groups is 1. The summed E-state index contributed by atoms with van der Waals surface area (Å²) in [6, 6.07) is 4.23. The lowest BCUT2D eigenvalue weighted by molar-refractivity contribution is -0.149. The van der Waals surface area contributed by atoms with Crippen LogP contribution in [0.25, 0.3) is 0 Å². The van der Waals surface area contributed by atoms with Gasteiger partial charge in [0.25, 0.3) is 0 Å². The average Bonchev–Trinajstić information content (AvgIpc) is 2.43. The predicted octanol–water partition coefficient (Wildman–Crippen LogP) is 1.38. The van der Waals surface area contributed by atoms with Gasteiger partial charge in [-0.25, -0.2) is 0 Å². The Balaban J connectivity index is 2.61. The van der Waals surface area contributed by atoms with Crippen molar-refractivity contribution < 1.29 is 29.6 Å². The predicted molar refractivity (Wildman–Crippen MR) is 76.0 cm³/mol. The first-order valence-corrected chi connectivity index (χ1v) is 6.73. The third kappa shape index (κ3) is 5.24. The molecule has 0 aliphatic heterocycles. The van der Waals surface area contributed by atoms with Crippen LogP contribution in [0.15, 0.2) is 18.2 Å². The van der Waals surface area contributed by atoms with Crippen LogP contribution >= 0.6 is 0 Å². The summed E-state index contributed by atoms with van der Waals surface area (Å²) in [6.07, 6.45) is -2.24. The molecule has 0 saturated carbocycles. The molecule has 0 unspecified atom stereocenters. The summed E-state index contributed by atoms with van der Waals surface area (Å²) in [5, 5.41) is 29.3. The molecule has 0 aliphatic rings. The quantitative estimate of drug-likeness (QED) is 0.658. The number of aliphatic hydroxyl groups is 2. The van der Waals surface area contributed by atoms with Crippen LogP contribution in [-0.4, -0.2) is 41.1 Å². The molecule has 6 heteroatoms. The van der Waals surface area contributed by atoms with Crippen LogP contribution in [0.1, 0.15) is 31.9 Å². The molecule has 0 spiro atoms. The third-order valence-corrected chi connectivity index (χ3v) is 2.90. The lowest BCUT2D eigenvalue weighted by atomic mass is 10.0. The number of esters is 1. The monoisotopic (exact) mass is 298 g/mol. The van der Waals surface area contributed by atoms with Gasteiger partial charge in [0.1, 0.15) is 18.8 Å². The summed E-state index contributed by atoms with van der Waals surface area (Å²) in [5.41, 5.74) is 0.358. The number of benzene rings is 1. The standard InChI is InChI=1S/C15H22O6/c1-9(2)6-14(18)21-8-12(17)15(19)10-4-5-11(16)13(7-10)20-3/h4-5,7,9,12,15-17,19H,6,8H2,1-3H3/t12-,15-/m1/s1. The number of methoxy groups -OCH3 is 1. The van der Waals surface area contributed by atoms with Gasteiger partial charge in [-0.1, -0.05) is 19.9 Å². The molecule has 0 aromatic heterocycles. The molecule has 21 heavy (non-hydrogen) atoms. The minimum Gasteiger partial charge on any atom is -0.504 e. The SMILES string of the molecule is COc1cc([C@@H](O)[C@H](O)COC(=O)CC(C)C)ccc1O. The highest BCUT2D eigenvalue weighted by Gasteiger charge is 2.21. The minimum absolute atomic E-state index is 0.0636. The number of hydrogen-bond donors (Lipinski definition) is 3. The fourth-order valence-corrected chi connectivity index (χ4v) is 1.76. The number of phenolic OH excluding ortho intramolecular Hbond substituents is 1. The lowest BCUT2D eigenvalue weighted by Crippen LogP contribution is -2.26. The van der Waals surface area contributed by atoms with E-state index in [1.807, 2.05) is 13.8 Å². The fraction of sp³-hybridized carbons (Fsp3) is 0.533. The van der Waals surface area contributed by atoms with Crippen LogP contribution in [0.4, 0.5) is 0 Å². The Morgan fingerprint density at radius 2 is 1.95 bits per heavy atom. The van der Waals surface area contributed by atoms with Gasteiger partial charge in [-0.05, 0) is 23.6 Å². The maximum absolute atomic E-state index is 11.4. The molecule has 3 N–H and O–H groups in total. The minimum atomic E-state index is -1.25. The highest BCUT2D eigenvalue weighted by Crippen LogP contribution is 2.30.